The number of aromatic amines is 1. The highest BCUT2D eigenvalue weighted by Gasteiger charge is 2.25. The highest BCUT2D eigenvalue weighted by atomic mass is 19.1. The number of hydrazone groups is 1. The number of rotatable bonds is 10. The van der Waals surface area contributed by atoms with E-state index in [4.69, 9.17) is 24.8 Å². The van der Waals surface area contributed by atoms with Gasteiger partial charge in [-0.3, -0.25) is 15.0 Å². The number of carbonyl (C=O) groups is 2. The molecule has 6 rings (SSSR count). The summed E-state index contributed by atoms with van der Waals surface area (Å²) in [5, 5.41) is 5.09. The van der Waals surface area contributed by atoms with E-state index in [0.29, 0.717) is 49.1 Å². The van der Waals surface area contributed by atoms with Crippen molar-refractivity contribution in [2.45, 2.75) is 38.5 Å². The van der Waals surface area contributed by atoms with E-state index in [1.54, 1.807) is 20.1 Å². The van der Waals surface area contributed by atoms with Crippen LogP contribution in [0.5, 0.6) is 11.5 Å². The molecule has 13 heteroatoms. The van der Waals surface area contributed by atoms with Crippen molar-refractivity contribution in [3.63, 3.8) is 0 Å². The SMILES string of the molecule is Cc1cc(F)cc(C2CCOC2)c1OCC(=O)N/N=C/c1ccc2cc[nH]c2c1.Cc1cc(F)cc(C2CCOC2)c1OCC(=O)NN. The van der Waals surface area contributed by atoms with Gasteiger partial charge in [0.25, 0.3) is 11.8 Å². The first kappa shape index (κ1) is 34.5. The molecule has 0 saturated carbocycles. The molecule has 3 aromatic carbocycles. The largest absolute Gasteiger partial charge is 0.483 e. The number of halogens is 2. The molecular weight excluding hydrogens is 624 g/mol. The van der Waals surface area contributed by atoms with Crippen molar-refractivity contribution in [3.05, 3.63) is 94.2 Å². The van der Waals surface area contributed by atoms with Crippen LogP contribution >= 0.6 is 0 Å². The number of hydrazine groups is 1. The zero-order valence-electron chi connectivity index (χ0n) is 26.8. The van der Waals surface area contributed by atoms with Gasteiger partial charge in [0, 0.05) is 47.9 Å². The summed E-state index contributed by atoms with van der Waals surface area (Å²) in [7, 11) is 0. The van der Waals surface area contributed by atoms with Gasteiger partial charge in [-0.05, 0) is 85.2 Å². The quantitative estimate of drug-likeness (QED) is 0.0835. The van der Waals surface area contributed by atoms with E-state index < -0.39 is 5.91 Å². The van der Waals surface area contributed by atoms with Gasteiger partial charge < -0.3 is 23.9 Å². The Hall–Kier alpha value is -4.85. The molecule has 2 amide bonds. The molecular formula is C35H39F2N5O6. The van der Waals surface area contributed by atoms with Crippen molar-refractivity contribution < 1.29 is 37.3 Å². The van der Waals surface area contributed by atoms with Crippen LogP contribution in [0, 0.1) is 25.5 Å². The van der Waals surface area contributed by atoms with Crippen LogP contribution in [-0.4, -0.2) is 62.7 Å². The number of ether oxygens (including phenoxy) is 4. The van der Waals surface area contributed by atoms with Crippen LogP contribution in [0.15, 0.2) is 59.8 Å². The summed E-state index contributed by atoms with van der Waals surface area (Å²) >= 11 is 0. The third kappa shape index (κ3) is 8.94. The molecule has 3 heterocycles. The Morgan fingerprint density at radius 2 is 1.48 bits per heavy atom. The number of hydrogen-bond acceptors (Lipinski definition) is 8. The van der Waals surface area contributed by atoms with Gasteiger partial charge in [0.1, 0.15) is 23.1 Å². The first-order valence-corrected chi connectivity index (χ1v) is 15.6. The Kier molecular flexibility index (Phi) is 11.7. The fourth-order valence-corrected chi connectivity index (χ4v) is 5.75. The molecule has 2 aliphatic rings. The van der Waals surface area contributed by atoms with Gasteiger partial charge in [0.2, 0.25) is 0 Å². The second-order valence-electron chi connectivity index (χ2n) is 11.7. The maximum atomic E-state index is 13.9. The normalized spacial score (nSPS) is 17.3. The van der Waals surface area contributed by atoms with Crippen LogP contribution < -0.4 is 26.2 Å². The summed E-state index contributed by atoms with van der Waals surface area (Å²) in [6.45, 7) is 5.49. The minimum Gasteiger partial charge on any atom is -0.483 e. The Morgan fingerprint density at radius 3 is 2.02 bits per heavy atom. The van der Waals surface area contributed by atoms with Gasteiger partial charge in [-0.1, -0.05) is 12.1 Å². The molecule has 2 atom stereocenters. The van der Waals surface area contributed by atoms with Crippen molar-refractivity contribution in [1.82, 2.24) is 15.8 Å². The summed E-state index contributed by atoms with van der Waals surface area (Å²) in [6, 6.07) is 13.5. The van der Waals surface area contributed by atoms with Gasteiger partial charge in [0.15, 0.2) is 13.2 Å². The number of carbonyl (C=O) groups excluding carboxylic acids is 2. The molecule has 11 nitrogen and oxygen atoms in total. The topological polar surface area (TPSA) is 149 Å². The number of nitrogens with two attached hydrogens (primary N) is 1. The molecule has 48 heavy (non-hydrogen) atoms. The number of nitrogens with zero attached hydrogens (tertiary/aromatic N) is 1. The number of fused-ring (bicyclic) bond motifs is 1. The molecule has 2 unspecified atom stereocenters. The molecule has 254 valence electrons. The van der Waals surface area contributed by atoms with Crippen LogP contribution in [0.3, 0.4) is 0 Å². The van der Waals surface area contributed by atoms with E-state index in [0.717, 1.165) is 40.4 Å². The Balaban J connectivity index is 0.000000206. The van der Waals surface area contributed by atoms with E-state index in [9.17, 15) is 18.4 Å². The number of benzene rings is 3. The van der Waals surface area contributed by atoms with Gasteiger partial charge >= 0.3 is 0 Å². The molecule has 0 spiro atoms. The molecule has 5 N–H and O–H groups in total. The summed E-state index contributed by atoms with van der Waals surface area (Å²) in [5.74, 6) is 4.81. The van der Waals surface area contributed by atoms with Crippen molar-refractivity contribution in [2.75, 3.05) is 39.6 Å². The Bertz CT molecular complexity index is 1770. The van der Waals surface area contributed by atoms with E-state index in [1.165, 1.54) is 24.3 Å². The number of hydrogen-bond donors (Lipinski definition) is 4. The predicted molar refractivity (Wildman–Crippen MR) is 176 cm³/mol. The lowest BCUT2D eigenvalue weighted by atomic mass is 9.95. The summed E-state index contributed by atoms with van der Waals surface area (Å²) in [5.41, 5.74) is 9.12. The zero-order chi connectivity index (χ0) is 34.0. The Morgan fingerprint density at radius 1 is 0.896 bits per heavy atom. The number of aromatic nitrogens is 1. The monoisotopic (exact) mass is 663 g/mol. The van der Waals surface area contributed by atoms with E-state index in [1.807, 2.05) is 35.9 Å². The second kappa shape index (κ2) is 16.3. The van der Waals surface area contributed by atoms with E-state index in [-0.39, 0.29) is 42.6 Å². The van der Waals surface area contributed by atoms with E-state index >= 15 is 0 Å². The Labute approximate surface area is 276 Å². The lowest BCUT2D eigenvalue weighted by Crippen LogP contribution is -2.34. The zero-order valence-corrected chi connectivity index (χ0v) is 26.8. The third-order valence-electron chi connectivity index (χ3n) is 8.11. The summed E-state index contributed by atoms with van der Waals surface area (Å²) < 4.78 is 49.3. The average Bonchev–Trinajstić information content (AvgIpc) is 3.87. The number of nitrogens with one attached hydrogen (secondary N) is 3. The van der Waals surface area contributed by atoms with Gasteiger partial charge in [-0.25, -0.2) is 20.0 Å². The van der Waals surface area contributed by atoms with Crippen molar-refractivity contribution in [1.29, 1.82) is 0 Å². The maximum Gasteiger partial charge on any atom is 0.277 e. The third-order valence-corrected chi connectivity index (χ3v) is 8.11. The van der Waals surface area contributed by atoms with Crippen LogP contribution in [0.25, 0.3) is 10.9 Å². The van der Waals surface area contributed by atoms with Gasteiger partial charge in [-0.2, -0.15) is 5.10 Å². The fourth-order valence-electron chi connectivity index (χ4n) is 5.75. The standard InChI is InChI=1S/C22H22FN3O3.C13H17FN2O3/c1-14-8-18(23)10-19(17-5-7-28-12-17)22(14)29-13-21(27)26-25-11-15-2-3-16-4-6-24-20(16)9-15;1-8-4-10(14)5-11(9-2-3-18-6-9)13(8)19-7-12(17)16-15/h2-4,6,8-11,17,24H,5,7,12-13H2,1H3,(H,26,27);4-5,9H,2-3,6-7,15H2,1H3,(H,16,17)/b25-11+;. The smallest absolute Gasteiger partial charge is 0.277 e. The van der Waals surface area contributed by atoms with Gasteiger partial charge in [-0.15, -0.1) is 0 Å². The van der Waals surface area contributed by atoms with Crippen molar-refractivity contribution >= 4 is 28.9 Å². The second-order valence-corrected chi connectivity index (χ2v) is 11.7. The van der Waals surface area contributed by atoms with Gasteiger partial charge in [0.05, 0.1) is 19.4 Å². The highest BCUT2D eigenvalue weighted by Crippen LogP contribution is 2.36. The van der Waals surface area contributed by atoms with Crippen LogP contribution in [0.4, 0.5) is 8.78 Å². The van der Waals surface area contributed by atoms with Crippen LogP contribution in [-0.2, 0) is 19.1 Å². The van der Waals surface area contributed by atoms with Crippen LogP contribution in [0.1, 0.15) is 52.5 Å². The average molecular weight is 664 g/mol. The molecule has 0 bridgehead atoms. The first-order chi connectivity index (χ1) is 23.2. The number of aryl methyl sites for hydroxylation is 2. The predicted octanol–water partition coefficient (Wildman–Crippen LogP) is 4.66. The molecule has 2 aliphatic heterocycles. The lowest BCUT2D eigenvalue weighted by molar-refractivity contribution is -0.123. The van der Waals surface area contributed by atoms with Crippen molar-refractivity contribution in [3.8, 4) is 11.5 Å². The molecule has 0 aliphatic carbocycles. The van der Waals surface area contributed by atoms with Crippen molar-refractivity contribution in [2.24, 2.45) is 10.9 Å². The summed E-state index contributed by atoms with van der Waals surface area (Å²) in [6.07, 6.45) is 5.07. The molecule has 2 fully saturated rings. The van der Waals surface area contributed by atoms with Crippen LogP contribution in [0.2, 0.25) is 0 Å². The highest BCUT2D eigenvalue weighted by molar-refractivity contribution is 5.89. The molecule has 0 radical (unpaired) electrons. The molecule has 1 aromatic heterocycles. The molecule has 4 aromatic rings. The maximum absolute atomic E-state index is 13.9. The molecule has 2 saturated heterocycles. The number of H-pyrrole nitrogens is 1. The number of amides is 2. The summed E-state index contributed by atoms with van der Waals surface area (Å²) in [4.78, 5) is 26.4. The van der Waals surface area contributed by atoms with E-state index in [2.05, 4.69) is 15.5 Å². The fraction of sp³-hybridized carbons (Fsp3) is 0.343. The minimum absolute atomic E-state index is 0.0726. The minimum atomic E-state index is -0.433. The lowest BCUT2D eigenvalue weighted by Gasteiger charge is -2.17. The first-order valence-electron chi connectivity index (χ1n) is 15.6.